The Morgan fingerprint density at radius 2 is 2.17 bits per heavy atom. The highest BCUT2D eigenvalue weighted by Crippen LogP contribution is 2.06. The summed E-state index contributed by atoms with van der Waals surface area (Å²) in [4.78, 5) is 10.1. The van der Waals surface area contributed by atoms with Gasteiger partial charge in [0.05, 0.1) is 0 Å². The quantitative estimate of drug-likeness (QED) is 0.367. The van der Waals surface area contributed by atoms with Crippen LogP contribution in [0, 0.1) is 0 Å². The third-order valence-electron chi connectivity index (χ3n) is 1.05. The summed E-state index contributed by atoms with van der Waals surface area (Å²) in [7, 11) is -4.33. The first kappa shape index (κ1) is 11.3. The fraction of sp³-hybridized carbons (Fsp3) is 0.400. The molecule has 12 heavy (non-hydrogen) atoms. The average molecular weight is 210 g/mol. The monoisotopic (exact) mass is 210 g/mol. The van der Waals surface area contributed by atoms with Gasteiger partial charge in [0.2, 0.25) is 10.5 Å². The summed E-state index contributed by atoms with van der Waals surface area (Å²) in [6.07, 6.45) is 1.45. The first-order valence-electron chi connectivity index (χ1n) is 3.19. The summed E-state index contributed by atoms with van der Waals surface area (Å²) in [6.45, 7) is 1.64. The van der Waals surface area contributed by atoms with Crippen LogP contribution in [0.1, 0.15) is 13.3 Å². The molecule has 0 rings (SSSR count). The van der Waals surface area contributed by atoms with Gasteiger partial charge in [0.1, 0.15) is 0 Å². The van der Waals surface area contributed by atoms with E-state index in [2.05, 4.69) is 4.43 Å². The lowest BCUT2D eigenvalue weighted by molar-refractivity contribution is -0.129. The van der Waals surface area contributed by atoms with Gasteiger partial charge in [-0.25, -0.2) is 4.79 Å². The molecule has 0 bridgehead atoms. The van der Waals surface area contributed by atoms with Crippen molar-refractivity contribution >= 4 is 26.6 Å². The molecule has 0 fully saturated rings. The smallest absolute Gasteiger partial charge is 0.337 e. The van der Waals surface area contributed by atoms with Crippen LogP contribution in [0.3, 0.4) is 0 Å². The van der Waals surface area contributed by atoms with E-state index in [1.807, 2.05) is 0 Å². The molecule has 0 aliphatic rings. The van der Waals surface area contributed by atoms with Gasteiger partial charge in [0.25, 0.3) is 0 Å². The Kier molecular flexibility index (Phi) is 4.14. The average Bonchev–Trinajstić information content (AvgIpc) is 1.96. The van der Waals surface area contributed by atoms with Crippen molar-refractivity contribution in [3.63, 3.8) is 0 Å². The fourth-order valence-electron chi connectivity index (χ4n) is 0.580. The van der Waals surface area contributed by atoms with Crippen LogP contribution in [0.2, 0.25) is 0 Å². The minimum Gasteiger partial charge on any atom is -0.525 e. The Balaban J connectivity index is 4.96. The SMILES string of the molecule is CCC=C(C(=O)O[SiH3])S(=O)(=O)O. The molecular formula is C5H10O5SSi. The van der Waals surface area contributed by atoms with E-state index in [1.54, 1.807) is 6.92 Å². The molecule has 0 atom stereocenters. The number of carbonyl (C=O) groups excluding carboxylic acids is 1. The second kappa shape index (κ2) is 4.38. The minimum atomic E-state index is -4.43. The maximum absolute atomic E-state index is 10.8. The van der Waals surface area contributed by atoms with Crippen molar-refractivity contribution in [1.82, 2.24) is 0 Å². The van der Waals surface area contributed by atoms with E-state index >= 15 is 0 Å². The zero-order valence-electron chi connectivity index (χ0n) is 6.77. The molecule has 0 amide bonds. The van der Waals surface area contributed by atoms with Crippen molar-refractivity contribution in [2.75, 3.05) is 0 Å². The molecule has 0 aliphatic heterocycles. The Hall–Kier alpha value is -0.663. The second-order valence-corrected chi connectivity index (χ2v) is 3.74. The van der Waals surface area contributed by atoms with Crippen molar-refractivity contribution in [1.29, 1.82) is 0 Å². The highest BCUT2D eigenvalue weighted by atomic mass is 32.2. The standard InChI is InChI=1S/C5H10O5SSi/c1-2-3-4(5(6)10-12)11(7,8)9/h3H,2H2,1,12H3,(H,7,8,9). The topological polar surface area (TPSA) is 80.7 Å². The largest absolute Gasteiger partial charge is 0.525 e. The Morgan fingerprint density at radius 1 is 1.67 bits per heavy atom. The van der Waals surface area contributed by atoms with Crippen molar-refractivity contribution in [3.05, 3.63) is 11.0 Å². The summed E-state index contributed by atoms with van der Waals surface area (Å²) in [5.74, 6) is -0.994. The minimum absolute atomic E-state index is 0.0956. The van der Waals surface area contributed by atoms with E-state index in [-0.39, 0.29) is 10.5 Å². The van der Waals surface area contributed by atoms with Crippen LogP contribution in [-0.2, 0) is 19.3 Å². The third-order valence-corrected chi connectivity index (χ3v) is 2.31. The van der Waals surface area contributed by atoms with E-state index in [0.717, 1.165) is 6.08 Å². The molecule has 1 N–H and O–H groups in total. The maximum Gasteiger partial charge on any atom is 0.337 e. The Bertz CT molecular complexity index is 291. The van der Waals surface area contributed by atoms with Crippen molar-refractivity contribution in [2.45, 2.75) is 13.3 Å². The predicted molar refractivity (Wildman–Crippen MR) is 46.0 cm³/mol. The highest BCUT2D eigenvalue weighted by molar-refractivity contribution is 7.90. The van der Waals surface area contributed by atoms with Crippen LogP contribution in [-0.4, -0.2) is 29.4 Å². The molecule has 0 radical (unpaired) electrons. The lowest BCUT2D eigenvalue weighted by Crippen LogP contribution is -2.14. The zero-order valence-corrected chi connectivity index (χ0v) is 9.59. The molecule has 0 aromatic carbocycles. The Labute approximate surface area is 73.7 Å². The highest BCUT2D eigenvalue weighted by Gasteiger charge is 2.21. The molecule has 0 heterocycles. The van der Waals surface area contributed by atoms with Crippen molar-refractivity contribution in [2.24, 2.45) is 0 Å². The first-order chi connectivity index (χ1) is 5.43. The van der Waals surface area contributed by atoms with Crippen molar-refractivity contribution in [3.8, 4) is 0 Å². The molecule has 0 aliphatic carbocycles. The molecule has 7 heteroatoms. The molecule has 0 aromatic heterocycles. The van der Waals surface area contributed by atoms with Gasteiger partial charge < -0.3 is 4.43 Å². The molecule has 0 unspecified atom stereocenters. The van der Waals surface area contributed by atoms with Gasteiger partial charge >= 0.3 is 16.1 Å². The van der Waals surface area contributed by atoms with Gasteiger partial charge in [-0.05, 0) is 6.42 Å². The van der Waals surface area contributed by atoms with Gasteiger partial charge in [-0.15, -0.1) is 0 Å². The van der Waals surface area contributed by atoms with Gasteiger partial charge in [-0.2, -0.15) is 8.42 Å². The normalized spacial score (nSPS) is 13.0. The Morgan fingerprint density at radius 3 is 2.42 bits per heavy atom. The molecule has 5 nitrogen and oxygen atoms in total. The third kappa shape index (κ3) is 3.16. The van der Waals surface area contributed by atoms with E-state index in [4.69, 9.17) is 4.55 Å². The summed E-state index contributed by atoms with van der Waals surface area (Å²) < 4.78 is 33.9. The summed E-state index contributed by atoms with van der Waals surface area (Å²) in [6, 6.07) is 0. The van der Waals surface area contributed by atoms with Crippen LogP contribution in [0.4, 0.5) is 0 Å². The van der Waals surface area contributed by atoms with Gasteiger partial charge in [-0.3, -0.25) is 4.55 Å². The van der Waals surface area contributed by atoms with Crippen LogP contribution >= 0.6 is 0 Å². The number of carbonyl (C=O) groups is 1. The summed E-state index contributed by atoms with van der Waals surface area (Å²) in [5.41, 5.74) is 0. The van der Waals surface area contributed by atoms with E-state index in [1.165, 1.54) is 0 Å². The van der Waals surface area contributed by atoms with Gasteiger partial charge in [-0.1, -0.05) is 13.0 Å². The summed E-state index contributed by atoms with van der Waals surface area (Å²) >= 11 is 0. The number of allylic oxidation sites excluding steroid dienone is 1. The van der Waals surface area contributed by atoms with Crippen LogP contribution < -0.4 is 0 Å². The van der Waals surface area contributed by atoms with Crippen LogP contribution in [0.25, 0.3) is 0 Å². The summed E-state index contributed by atoms with van der Waals surface area (Å²) in [5, 5.41) is 0. The molecule has 0 saturated carbocycles. The van der Waals surface area contributed by atoms with Gasteiger partial charge in [0, 0.05) is 0 Å². The second-order valence-electron chi connectivity index (χ2n) is 1.94. The van der Waals surface area contributed by atoms with Crippen LogP contribution in [0.15, 0.2) is 11.0 Å². The molecule has 0 spiro atoms. The first-order valence-corrected chi connectivity index (χ1v) is 5.45. The number of hydrogen-bond donors (Lipinski definition) is 1. The molecule has 70 valence electrons. The number of rotatable bonds is 3. The van der Waals surface area contributed by atoms with Crippen LogP contribution in [0.5, 0.6) is 0 Å². The zero-order chi connectivity index (χ0) is 9.78. The van der Waals surface area contributed by atoms with E-state index in [0.29, 0.717) is 6.42 Å². The predicted octanol–water partition coefficient (Wildman–Crippen LogP) is -1.01. The van der Waals surface area contributed by atoms with E-state index < -0.39 is 21.0 Å². The maximum atomic E-state index is 10.8. The van der Waals surface area contributed by atoms with Gasteiger partial charge in [0.15, 0.2) is 4.91 Å². The molecular weight excluding hydrogens is 200 g/mol. The molecule has 0 aromatic rings. The number of hydrogen-bond acceptors (Lipinski definition) is 4. The fourth-order valence-corrected chi connectivity index (χ4v) is 1.62. The lowest BCUT2D eigenvalue weighted by atomic mass is 10.4. The van der Waals surface area contributed by atoms with E-state index in [9.17, 15) is 13.2 Å². The lowest BCUT2D eigenvalue weighted by Gasteiger charge is -2.00. The molecule has 0 saturated heterocycles. The van der Waals surface area contributed by atoms with Crippen molar-refractivity contribution < 1.29 is 22.2 Å².